The molecule has 1 N–H and O–H groups in total. The van der Waals surface area contributed by atoms with Gasteiger partial charge in [-0.25, -0.2) is 0 Å². The Hall–Kier alpha value is -3.45. The highest BCUT2D eigenvalue weighted by Gasteiger charge is 2.35. The lowest BCUT2D eigenvalue weighted by Gasteiger charge is -2.23. The molecule has 0 aliphatic heterocycles. The molecule has 3 aromatic carbocycles. The highest BCUT2D eigenvalue weighted by molar-refractivity contribution is 7.87. The second-order valence-corrected chi connectivity index (χ2v) is 9.60. The van der Waals surface area contributed by atoms with Gasteiger partial charge in [-0.1, -0.05) is 61.7 Å². The van der Waals surface area contributed by atoms with Crippen molar-refractivity contribution >= 4 is 27.4 Å². The largest absolute Gasteiger partial charge is 0.384 e. The second-order valence-electron chi connectivity index (χ2n) is 8.05. The Morgan fingerprint density at radius 3 is 2.09 bits per heavy atom. The second kappa shape index (κ2) is 9.19. The Morgan fingerprint density at radius 1 is 0.818 bits per heavy atom. The Balaban J connectivity index is 1.80. The lowest BCUT2D eigenvalue weighted by atomic mass is 9.82. The molecule has 0 amide bonds. The molecule has 7 heteroatoms. The van der Waals surface area contributed by atoms with E-state index in [2.05, 4.69) is 12.2 Å². The molecule has 0 saturated carbocycles. The molecule has 0 fully saturated rings. The van der Waals surface area contributed by atoms with Crippen molar-refractivity contribution in [2.75, 3.05) is 11.9 Å². The third-order valence-electron chi connectivity index (χ3n) is 5.64. The van der Waals surface area contributed by atoms with Gasteiger partial charge in [-0.05, 0) is 37.6 Å². The monoisotopic (exact) mass is 463 g/mol. The lowest BCUT2D eigenvalue weighted by Crippen LogP contribution is -2.24. The molecule has 6 nitrogen and oxygen atoms in total. The van der Waals surface area contributed by atoms with E-state index in [9.17, 15) is 18.0 Å². The summed E-state index contributed by atoms with van der Waals surface area (Å²) in [6.07, 6.45) is 2.99. The summed E-state index contributed by atoms with van der Waals surface area (Å²) in [5.74, 6) is -0.930. The summed E-state index contributed by atoms with van der Waals surface area (Å²) >= 11 is 0. The molecule has 170 valence electrons. The van der Waals surface area contributed by atoms with Crippen LogP contribution >= 0.6 is 0 Å². The van der Waals surface area contributed by atoms with E-state index in [1.54, 1.807) is 42.5 Å². The molecule has 0 spiro atoms. The molecule has 0 saturated heterocycles. The summed E-state index contributed by atoms with van der Waals surface area (Å²) in [4.78, 5) is 26.8. The number of benzene rings is 3. The molecule has 0 heterocycles. The minimum atomic E-state index is -4.20. The molecule has 1 aliphatic rings. The lowest BCUT2D eigenvalue weighted by molar-refractivity contribution is 0.0978. The van der Waals surface area contributed by atoms with Crippen LogP contribution in [-0.4, -0.2) is 26.5 Å². The summed E-state index contributed by atoms with van der Waals surface area (Å²) < 4.78 is 31.3. The van der Waals surface area contributed by atoms with Gasteiger partial charge in [0, 0.05) is 23.4 Å². The number of aryl methyl sites for hydroxylation is 1. The zero-order chi connectivity index (χ0) is 23.6. The number of carbonyl (C=O) groups excluding carboxylic acids is 2. The number of nitrogens with one attached hydrogen (secondary N) is 1. The van der Waals surface area contributed by atoms with Crippen LogP contribution < -0.4 is 9.50 Å². The van der Waals surface area contributed by atoms with Crippen molar-refractivity contribution in [3.8, 4) is 5.75 Å². The van der Waals surface area contributed by atoms with Gasteiger partial charge in [0.1, 0.15) is 4.90 Å². The predicted octanol–water partition coefficient (Wildman–Crippen LogP) is 5.14. The SMILES string of the molecule is CCCCCNc1ccc(OS(=O)(=O)c2ccc(C)cc2)c2c1C(=O)c1ccccc1C2=O. The first-order valence-electron chi connectivity index (χ1n) is 10.9. The maximum Gasteiger partial charge on any atom is 0.339 e. The van der Waals surface area contributed by atoms with Crippen LogP contribution in [0.2, 0.25) is 0 Å². The third-order valence-corrected chi connectivity index (χ3v) is 6.89. The van der Waals surface area contributed by atoms with Gasteiger partial charge < -0.3 is 9.50 Å². The van der Waals surface area contributed by atoms with E-state index < -0.39 is 15.9 Å². The van der Waals surface area contributed by atoms with Gasteiger partial charge in [-0.3, -0.25) is 9.59 Å². The van der Waals surface area contributed by atoms with E-state index in [0.717, 1.165) is 24.8 Å². The van der Waals surface area contributed by atoms with Crippen molar-refractivity contribution in [3.63, 3.8) is 0 Å². The van der Waals surface area contributed by atoms with E-state index in [0.29, 0.717) is 17.8 Å². The molecule has 0 aromatic heterocycles. The molecule has 1 aliphatic carbocycles. The fourth-order valence-corrected chi connectivity index (χ4v) is 4.82. The third kappa shape index (κ3) is 4.41. The van der Waals surface area contributed by atoms with Crippen molar-refractivity contribution in [2.24, 2.45) is 0 Å². The average molecular weight is 464 g/mol. The minimum absolute atomic E-state index is 0.0291. The predicted molar refractivity (Wildman–Crippen MR) is 127 cm³/mol. The summed E-state index contributed by atoms with van der Waals surface area (Å²) in [5.41, 5.74) is 2.04. The van der Waals surface area contributed by atoms with Crippen LogP contribution in [0.15, 0.2) is 65.6 Å². The van der Waals surface area contributed by atoms with Crippen LogP contribution in [0, 0.1) is 6.92 Å². The number of hydrogen-bond donors (Lipinski definition) is 1. The van der Waals surface area contributed by atoms with E-state index in [1.165, 1.54) is 18.2 Å². The van der Waals surface area contributed by atoms with Gasteiger partial charge >= 0.3 is 10.1 Å². The average Bonchev–Trinajstić information content (AvgIpc) is 2.81. The summed E-state index contributed by atoms with van der Waals surface area (Å²) in [7, 11) is -4.20. The first-order valence-corrected chi connectivity index (χ1v) is 12.3. The molecule has 0 bridgehead atoms. The zero-order valence-electron chi connectivity index (χ0n) is 18.6. The van der Waals surface area contributed by atoms with Crippen LogP contribution in [0.1, 0.15) is 63.6 Å². The molecule has 0 radical (unpaired) electrons. The maximum absolute atomic E-state index is 13.4. The van der Waals surface area contributed by atoms with E-state index in [-0.39, 0.29) is 33.1 Å². The van der Waals surface area contributed by atoms with Crippen molar-refractivity contribution in [3.05, 3.63) is 88.5 Å². The Morgan fingerprint density at radius 2 is 1.45 bits per heavy atom. The molecule has 0 atom stereocenters. The van der Waals surface area contributed by atoms with Crippen molar-refractivity contribution in [2.45, 2.75) is 38.0 Å². The standard InChI is InChI=1S/C26H25NO5S/c1-3-4-7-16-27-21-14-15-22(32-33(30,31)18-12-10-17(2)11-13-18)24-23(21)25(28)19-8-5-6-9-20(19)26(24)29/h5-6,8-15,27H,3-4,7,16H2,1-2H3. The number of unbranched alkanes of at least 4 members (excludes halogenated alkanes) is 2. The highest BCUT2D eigenvalue weighted by Crippen LogP contribution is 2.38. The number of hydrogen-bond acceptors (Lipinski definition) is 6. The Kier molecular flexibility index (Phi) is 6.33. The Labute approximate surface area is 193 Å². The fourth-order valence-electron chi connectivity index (χ4n) is 3.88. The van der Waals surface area contributed by atoms with Crippen molar-refractivity contribution < 1.29 is 22.2 Å². The number of ketones is 2. The van der Waals surface area contributed by atoms with Gasteiger partial charge in [-0.2, -0.15) is 8.42 Å². The maximum atomic E-state index is 13.4. The molecule has 33 heavy (non-hydrogen) atoms. The molecule has 0 unspecified atom stereocenters. The van der Waals surface area contributed by atoms with E-state index in [4.69, 9.17) is 4.18 Å². The minimum Gasteiger partial charge on any atom is -0.384 e. The van der Waals surface area contributed by atoms with Gasteiger partial charge in [0.2, 0.25) is 0 Å². The van der Waals surface area contributed by atoms with Gasteiger partial charge in [0.15, 0.2) is 17.3 Å². The van der Waals surface area contributed by atoms with Gasteiger partial charge in [0.25, 0.3) is 0 Å². The Bertz CT molecular complexity index is 1330. The van der Waals surface area contributed by atoms with Crippen LogP contribution in [-0.2, 0) is 10.1 Å². The van der Waals surface area contributed by atoms with Crippen LogP contribution in [0.3, 0.4) is 0 Å². The van der Waals surface area contributed by atoms with Crippen molar-refractivity contribution in [1.82, 2.24) is 0 Å². The smallest absolute Gasteiger partial charge is 0.339 e. The molecular weight excluding hydrogens is 438 g/mol. The zero-order valence-corrected chi connectivity index (χ0v) is 19.4. The number of rotatable bonds is 8. The fraction of sp³-hybridized carbons (Fsp3) is 0.231. The molecule has 4 rings (SSSR count). The van der Waals surface area contributed by atoms with E-state index >= 15 is 0 Å². The normalized spacial score (nSPS) is 12.8. The van der Waals surface area contributed by atoms with Crippen LogP contribution in [0.4, 0.5) is 5.69 Å². The molecular formula is C26H25NO5S. The number of anilines is 1. The summed E-state index contributed by atoms with van der Waals surface area (Å²) in [5, 5.41) is 3.24. The van der Waals surface area contributed by atoms with Gasteiger partial charge in [-0.15, -0.1) is 0 Å². The topological polar surface area (TPSA) is 89.5 Å². The number of carbonyl (C=O) groups is 2. The summed E-state index contributed by atoms with van der Waals surface area (Å²) in [6, 6.07) is 15.8. The first kappa shape index (κ1) is 22.7. The van der Waals surface area contributed by atoms with Crippen molar-refractivity contribution in [1.29, 1.82) is 0 Å². The van der Waals surface area contributed by atoms with Crippen LogP contribution in [0.5, 0.6) is 5.75 Å². The highest BCUT2D eigenvalue weighted by atomic mass is 32.2. The number of fused-ring (bicyclic) bond motifs is 2. The molecule has 3 aromatic rings. The summed E-state index contributed by atoms with van der Waals surface area (Å²) in [6.45, 7) is 4.58. The van der Waals surface area contributed by atoms with Crippen LogP contribution in [0.25, 0.3) is 0 Å². The quantitative estimate of drug-likeness (QED) is 0.287. The first-order chi connectivity index (χ1) is 15.8. The van der Waals surface area contributed by atoms with E-state index in [1.807, 2.05) is 6.92 Å². The van der Waals surface area contributed by atoms with Gasteiger partial charge in [0.05, 0.1) is 11.1 Å².